The highest BCUT2D eigenvalue weighted by molar-refractivity contribution is 5.68. The summed E-state index contributed by atoms with van der Waals surface area (Å²) >= 11 is 0. The van der Waals surface area contributed by atoms with Crippen LogP contribution in [0.3, 0.4) is 0 Å². The van der Waals surface area contributed by atoms with Gasteiger partial charge in [0.25, 0.3) is 11.3 Å². The van der Waals surface area contributed by atoms with Crippen molar-refractivity contribution in [1.82, 2.24) is 9.55 Å². The van der Waals surface area contributed by atoms with Crippen molar-refractivity contribution in [3.63, 3.8) is 0 Å². The number of esters is 3. The predicted octanol–water partition coefficient (Wildman–Crippen LogP) is -1.21. The number of aromatic amines is 1. The largest absolute Gasteiger partial charge is 0.463 e. The zero-order valence-electron chi connectivity index (χ0n) is 14.6. The Labute approximate surface area is 151 Å². The first-order valence-corrected chi connectivity index (χ1v) is 7.71. The van der Waals surface area contributed by atoms with E-state index in [1.54, 1.807) is 4.98 Å². The molecule has 1 aliphatic rings. The first-order chi connectivity index (χ1) is 12.6. The van der Waals surface area contributed by atoms with Crippen LogP contribution in [0.4, 0.5) is 4.39 Å². The molecule has 1 aromatic heterocycles. The molecule has 148 valence electrons. The van der Waals surface area contributed by atoms with Crippen LogP contribution >= 0.6 is 0 Å². The van der Waals surface area contributed by atoms with Crippen LogP contribution < -0.4 is 11.2 Å². The molecule has 0 aromatic carbocycles. The summed E-state index contributed by atoms with van der Waals surface area (Å²) in [4.78, 5) is 59.8. The Kier molecular flexibility index (Phi) is 5.78. The fraction of sp³-hybridized carbons (Fsp3) is 0.533. The van der Waals surface area contributed by atoms with Crippen LogP contribution in [-0.4, -0.2) is 52.9 Å². The van der Waals surface area contributed by atoms with E-state index in [0.717, 1.165) is 20.8 Å². The Bertz CT molecular complexity index is 877. The lowest BCUT2D eigenvalue weighted by atomic mass is 10.0. The van der Waals surface area contributed by atoms with Crippen LogP contribution in [0.25, 0.3) is 0 Å². The molecule has 1 N–H and O–H groups in total. The highest BCUT2D eigenvalue weighted by Gasteiger charge is 2.60. The standard InChI is InChI=1S/C15H17FN2O9/c1-7(19)24-5-11-15(27-9(3)21,12(6-25-11)26-8(2)20)18-4-10(16)13(22)17-14(18)23/h4,11-12H,5-6H2,1-3H3,(H,17,22,23)/t11-,12+,15-/m1/s1. The number of nitrogens with zero attached hydrogens (tertiary/aromatic N) is 1. The van der Waals surface area contributed by atoms with Gasteiger partial charge in [-0.3, -0.25) is 28.7 Å². The molecule has 0 spiro atoms. The van der Waals surface area contributed by atoms with Gasteiger partial charge in [0.05, 0.1) is 12.8 Å². The second kappa shape index (κ2) is 7.70. The van der Waals surface area contributed by atoms with Gasteiger partial charge in [0, 0.05) is 20.8 Å². The normalized spacial score (nSPS) is 24.3. The quantitative estimate of drug-likeness (QED) is 0.485. The van der Waals surface area contributed by atoms with E-state index < -0.39 is 59.5 Å². The molecule has 0 radical (unpaired) electrons. The van der Waals surface area contributed by atoms with Crippen molar-refractivity contribution in [1.29, 1.82) is 0 Å². The van der Waals surface area contributed by atoms with Gasteiger partial charge in [0.15, 0.2) is 12.2 Å². The molecule has 0 unspecified atom stereocenters. The number of hydrogen-bond acceptors (Lipinski definition) is 9. The number of rotatable bonds is 5. The zero-order chi connectivity index (χ0) is 20.4. The highest BCUT2D eigenvalue weighted by atomic mass is 19.1. The van der Waals surface area contributed by atoms with Crippen molar-refractivity contribution in [2.45, 2.75) is 38.7 Å². The molecule has 11 nitrogen and oxygen atoms in total. The average Bonchev–Trinajstić information content (AvgIpc) is 2.86. The Morgan fingerprint density at radius 1 is 1.26 bits per heavy atom. The summed E-state index contributed by atoms with van der Waals surface area (Å²) in [7, 11) is 0. The minimum atomic E-state index is -2.21. The molecule has 27 heavy (non-hydrogen) atoms. The molecular weight excluding hydrogens is 371 g/mol. The van der Waals surface area contributed by atoms with Gasteiger partial charge < -0.3 is 18.9 Å². The molecule has 3 atom stereocenters. The SMILES string of the molecule is CC(=O)OC[C@H]1OC[C@H](OC(C)=O)[C@@]1(OC(C)=O)n1cc(F)c(=O)[nH]c1=O. The lowest BCUT2D eigenvalue weighted by Gasteiger charge is -2.37. The molecule has 1 aromatic rings. The van der Waals surface area contributed by atoms with Gasteiger partial charge >= 0.3 is 23.6 Å². The minimum absolute atomic E-state index is 0.355. The Hall–Kier alpha value is -3.02. The van der Waals surface area contributed by atoms with Crippen LogP contribution in [0.2, 0.25) is 0 Å². The number of H-pyrrole nitrogens is 1. The number of nitrogens with one attached hydrogen (secondary N) is 1. The van der Waals surface area contributed by atoms with Crippen LogP contribution in [0.5, 0.6) is 0 Å². The van der Waals surface area contributed by atoms with E-state index in [9.17, 15) is 28.4 Å². The molecule has 1 aliphatic heterocycles. The molecule has 2 heterocycles. The third-order valence-electron chi connectivity index (χ3n) is 3.70. The maximum Gasteiger partial charge on any atom is 0.331 e. The van der Waals surface area contributed by atoms with Gasteiger partial charge in [0.1, 0.15) is 6.61 Å². The van der Waals surface area contributed by atoms with Gasteiger partial charge in [-0.25, -0.2) is 4.79 Å². The monoisotopic (exact) mass is 388 g/mol. The third kappa shape index (κ3) is 4.05. The highest BCUT2D eigenvalue weighted by Crippen LogP contribution is 2.37. The molecule has 12 heteroatoms. The van der Waals surface area contributed by atoms with E-state index in [2.05, 4.69) is 0 Å². The number of ether oxygens (including phenoxy) is 4. The smallest absolute Gasteiger partial charge is 0.331 e. The first-order valence-electron chi connectivity index (χ1n) is 7.71. The van der Waals surface area contributed by atoms with E-state index >= 15 is 0 Å². The number of carbonyl (C=O) groups excluding carboxylic acids is 3. The van der Waals surface area contributed by atoms with Gasteiger partial charge in [-0.05, 0) is 0 Å². The first kappa shape index (κ1) is 20.3. The van der Waals surface area contributed by atoms with E-state index in [0.29, 0.717) is 10.8 Å². The molecule has 0 amide bonds. The maximum absolute atomic E-state index is 13.9. The Morgan fingerprint density at radius 2 is 1.93 bits per heavy atom. The van der Waals surface area contributed by atoms with E-state index in [-0.39, 0.29) is 6.61 Å². The molecule has 0 bridgehead atoms. The van der Waals surface area contributed by atoms with Gasteiger partial charge in [-0.1, -0.05) is 0 Å². The summed E-state index contributed by atoms with van der Waals surface area (Å²) in [5.74, 6) is -3.79. The summed E-state index contributed by atoms with van der Waals surface area (Å²) < 4.78 is 35.0. The summed E-state index contributed by atoms with van der Waals surface area (Å²) in [6.45, 7) is 2.31. The summed E-state index contributed by atoms with van der Waals surface area (Å²) in [6.07, 6.45) is -2.23. The van der Waals surface area contributed by atoms with E-state index in [1.807, 2.05) is 0 Å². The predicted molar refractivity (Wildman–Crippen MR) is 82.9 cm³/mol. The second-order valence-corrected chi connectivity index (χ2v) is 5.67. The molecule has 1 saturated heterocycles. The van der Waals surface area contributed by atoms with Crippen molar-refractivity contribution in [3.05, 3.63) is 32.9 Å². The average molecular weight is 388 g/mol. The van der Waals surface area contributed by atoms with Crippen molar-refractivity contribution in [3.8, 4) is 0 Å². The molecular formula is C15H17FN2O9. The summed E-state index contributed by atoms with van der Waals surface area (Å²) in [6, 6.07) is 0. The number of carbonyl (C=O) groups is 3. The fourth-order valence-corrected chi connectivity index (χ4v) is 2.76. The topological polar surface area (TPSA) is 143 Å². The van der Waals surface area contributed by atoms with Crippen LogP contribution in [0, 0.1) is 5.82 Å². The van der Waals surface area contributed by atoms with Crippen molar-refractivity contribution in [2.75, 3.05) is 13.2 Å². The lowest BCUT2D eigenvalue weighted by molar-refractivity contribution is -0.211. The van der Waals surface area contributed by atoms with E-state index in [1.165, 1.54) is 0 Å². The van der Waals surface area contributed by atoms with Crippen LogP contribution in [-0.2, 0) is 39.1 Å². The second-order valence-electron chi connectivity index (χ2n) is 5.67. The van der Waals surface area contributed by atoms with Crippen molar-refractivity contribution >= 4 is 17.9 Å². The zero-order valence-corrected chi connectivity index (χ0v) is 14.6. The van der Waals surface area contributed by atoms with Crippen molar-refractivity contribution in [2.24, 2.45) is 0 Å². The number of halogens is 1. The van der Waals surface area contributed by atoms with E-state index in [4.69, 9.17) is 18.9 Å². The van der Waals surface area contributed by atoms with Crippen LogP contribution in [0.15, 0.2) is 15.8 Å². The maximum atomic E-state index is 13.9. The molecule has 0 aliphatic carbocycles. The lowest BCUT2D eigenvalue weighted by Crippen LogP contribution is -2.59. The molecule has 1 fully saturated rings. The Balaban J connectivity index is 2.69. The van der Waals surface area contributed by atoms with Gasteiger partial charge in [-0.2, -0.15) is 4.39 Å². The Morgan fingerprint density at radius 3 is 2.48 bits per heavy atom. The van der Waals surface area contributed by atoms with Crippen LogP contribution in [0.1, 0.15) is 20.8 Å². The van der Waals surface area contributed by atoms with Crippen molar-refractivity contribution < 1.29 is 37.7 Å². The summed E-state index contributed by atoms with van der Waals surface area (Å²) in [5.41, 5.74) is -4.67. The van der Waals surface area contributed by atoms with Gasteiger partial charge in [0.2, 0.25) is 5.82 Å². The summed E-state index contributed by atoms with van der Waals surface area (Å²) in [5, 5.41) is 0. The third-order valence-corrected chi connectivity index (χ3v) is 3.70. The minimum Gasteiger partial charge on any atom is -0.463 e. The molecule has 2 rings (SSSR count). The number of aromatic nitrogens is 2. The van der Waals surface area contributed by atoms with Gasteiger partial charge in [-0.15, -0.1) is 0 Å². The fourth-order valence-electron chi connectivity index (χ4n) is 2.76. The number of hydrogen-bond donors (Lipinski definition) is 1. The molecule has 0 saturated carbocycles.